The summed E-state index contributed by atoms with van der Waals surface area (Å²) in [5.41, 5.74) is 1.99. The Hall–Kier alpha value is -1.88. The first kappa shape index (κ1) is 17.5. The predicted octanol–water partition coefficient (Wildman–Crippen LogP) is 1.68. The highest BCUT2D eigenvalue weighted by atomic mass is 16.3. The van der Waals surface area contributed by atoms with Crippen LogP contribution in [0.15, 0.2) is 24.3 Å². The third-order valence-electron chi connectivity index (χ3n) is 4.24. The summed E-state index contributed by atoms with van der Waals surface area (Å²) in [6, 6.07) is 7.97. The van der Waals surface area contributed by atoms with Gasteiger partial charge in [-0.1, -0.05) is 37.1 Å². The number of benzene rings is 1. The van der Waals surface area contributed by atoms with E-state index in [1.165, 1.54) is 12.8 Å². The number of hydrogen-bond acceptors (Lipinski definition) is 3. The highest BCUT2D eigenvalue weighted by Gasteiger charge is 2.17. The smallest absolute Gasteiger partial charge is 0.220 e. The zero-order valence-corrected chi connectivity index (χ0v) is 13.5. The predicted molar refractivity (Wildman–Crippen MR) is 88.7 cm³/mol. The van der Waals surface area contributed by atoms with E-state index in [1.54, 1.807) is 0 Å². The molecule has 0 radical (unpaired) electrons. The molecule has 0 spiro atoms. The molecule has 0 unspecified atom stereocenters. The fourth-order valence-corrected chi connectivity index (χ4v) is 2.84. The lowest BCUT2D eigenvalue weighted by Crippen LogP contribution is -2.34. The molecule has 0 bridgehead atoms. The van der Waals surface area contributed by atoms with Crippen LogP contribution in [0.2, 0.25) is 0 Å². The molecular formula is C18H26N2O3. The third-order valence-corrected chi connectivity index (χ3v) is 4.24. The molecule has 2 rings (SSSR count). The average Bonchev–Trinajstić information content (AvgIpc) is 3.06. The van der Waals surface area contributed by atoms with Gasteiger partial charge in [0.2, 0.25) is 11.8 Å². The van der Waals surface area contributed by atoms with Crippen LogP contribution < -0.4 is 10.6 Å². The second-order valence-electron chi connectivity index (χ2n) is 6.12. The summed E-state index contributed by atoms with van der Waals surface area (Å²) in [5.74, 6) is -0.106. The van der Waals surface area contributed by atoms with E-state index < -0.39 is 0 Å². The minimum absolute atomic E-state index is 0.0216. The first-order chi connectivity index (χ1) is 11.2. The van der Waals surface area contributed by atoms with Gasteiger partial charge in [0.1, 0.15) is 0 Å². The molecule has 5 nitrogen and oxygen atoms in total. The van der Waals surface area contributed by atoms with Crippen molar-refractivity contribution in [3.63, 3.8) is 0 Å². The van der Waals surface area contributed by atoms with E-state index in [2.05, 4.69) is 10.6 Å². The van der Waals surface area contributed by atoms with Gasteiger partial charge < -0.3 is 15.7 Å². The summed E-state index contributed by atoms with van der Waals surface area (Å²) < 4.78 is 0. The number of amides is 2. The van der Waals surface area contributed by atoms with Gasteiger partial charge in [0.05, 0.1) is 6.61 Å². The lowest BCUT2D eigenvalue weighted by atomic mass is 10.1. The summed E-state index contributed by atoms with van der Waals surface area (Å²) in [7, 11) is 0. The van der Waals surface area contributed by atoms with Crippen molar-refractivity contribution in [1.29, 1.82) is 0 Å². The number of aliphatic hydroxyl groups is 1. The van der Waals surface area contributed by atoms with E-state index in [0.717, 1.165) is 30.4 Å². The van der Waals surface area contributed by atoms with Gasteiger partial charge in [0.25, 0.3) is 0 Å². The maximum atomic E-state index is 11.8. The monoisotopic (exact) mass is 318 g/mol. The quantitative estimate of drug-likeness (QED) is 0.682. The molecule has 126 valence electrons. The molecule has 1 aliphatic carbocycles. The number of rotatable bonds is 8. The molecule has 1 aliphatic rings. The molecule has 1 aromatic carbocycles. The Bertz CT molecular complexity index is 508. The highest BCUT2D eigenvalue weighted by Crippen LogP contribution is 2.17. The van der Waals surface area contributed by atoms with Gasteiger partial charge in [-0.25, -0.2) is 0 Å². The summed E-state index contributed by atoms with van der Waals surface area (Å²) in [5, 5.41) is 14.8. The normalized spacial score (nSPS) is 14.7. The fourth-order valence-electron chi connectivity index (χ4n) is 2.84. The first-order valence-electron chi connectivity index (χ1n) is 8.42. The molecule has 2 amide bonds. The molecule has 1 saturated carbocycles. The fraction of sp³-hybridized carbons (Fsp3) is 0.556. The standard InChI is InChI=1S/C18H26N2O3/c21-13-15-7-5-14(6-8-15)11-12-19-17(22)9-10-18(23)20-16-3-1-2-4-16/h5-8,16,21H,1-4,9-13H2,(H,19,22)(H,20,23). The van der Waals surface area contributed by atoms with Gasteiger partial charge in [-0.05, 0) is 30.4 Å². The maximum absolute atomic E-state index is 11.8. The molecule has 1 fully saturated rings. The zero-order valence-electron chi connectivity index (χ0n) is 13.5. The zero-order chi connectivity index (χ0) is 16.5. The Labute approximate surface area is 137 Å². The number of carbonyl (C=O) groups excluding carboxylic acids is 2. The van der Waals surface area contributed by atoms with E-state index >= 15 is 0 Å². The Morgan fingerprint density at radius 2 is 1.61 bits per heavy atom. The Kier molecular flexibility index (Phi) is 7.07. The van der Waals surface area contributed by atoms with Crippen molar-refractivity contribution in [3.8, 4) is 0 Å². The molecule has 0 saturated heterocycles. The van der Waals surface area contributed by atoms with Crippen LogP contribution in [0.3, 0.4) is 0 Å². The van der Waals surface area contributed by atoms with Crippen molar-refractivity contribution in [1.82, 2.24) is 10.6 Å². The number of carbonyl (C=O) groups is 2. The van der Waals surface area contributed by atoms with Crippen LogP contribution in [-0.2, 0) is 22.6 Å². The number of nitrogens with one attached hydrogen (secondary N) is 2. The van der Waals surface area contributed by atoms with E-state index in [-0.39, 0.29) is 31.3 Å². The molecule has 0 heterocycles. The lowest BCUT2D eigenvalue weighted by Gasteiger charge is -2.11. The van der Waals surface area contributed by atoms with Crippen molar-refractivity contribution in [2.75, 3.05) is 6.54 Å². The summed E-state index contributed by atoms with van der Waals surface area (Å²) >= 11 is 0. The lowest BCUT2D eigenvalue weighted by molar-refractivity contribution is -0.126. The Balaban J connectivity index is 1.58. The average molecular weight is 318 g/mol. The van der Waals surface area contributed by atoms with Crippen LogP contribution in [0.25, 0.3) is 0 Å². The SMILES string of the molecule is O=C(CCC(=O)NC1CCCC1)NCCc1ccc(CO)cc1. The third kappa shape index (κ3) is 6.40. The maximum Gasteiger partial charge on any atom is 0.220 e. The van der Waals surface area contributed by atoms with Crippen molar-refractivity contribution < 1.29 is 14.7 Å². The van der Waals surface area contributed by atoms with Crippen LogP contribution in [0.4, 0.5) is 0 Å². The summed E-state index contributed by atoms with van der Waals surface area (Å²) in [6.45, 7) is 0.599. The molecule has 0 aromatic heterocycles. The minimum Gasteiger partial charge on any atom is -0.392 e. The molecule has 3 N–H and O–H groups in total. The Morgan fingerprint density at radius 3 is 2.26 bits per heavy atom. The molecule has 0 aliphatic heterocycles. The minimum atomic E-state index is -0.0847. The van der Waals surface area contributed by atoms with E-state index in [1.807, 2.05) is 24.3 Å². The van der Waals surface area contributed by atoms with Gasteiger partial charge in [-0.3, -0.25) is 9.59 Å². The van der Waals surface area contributed by atoms with Crippen LogP contribution in [0, 0.1) is 0 Å². The molecule has 1 aromatic rings. The summed E-state index contributed by atoms with van der Waals surface area (Å²) in [6.07, 6.45) is 5.73. The summed E-state index contributed by atoms with van der Waals surface area (Å²) in [4.78, 5) is 23.5. The van der Waals surface area contributed by atoms with Crippen molar-refractivity contribution in [2.45, 2.75) is 57.6 Å². The van der Waals surface area contributed by atoms with E-state index in [0.29, 0.717) is 12.6 Å². The van der Waals surface area contributed by atoms with Gasteiger partial charge >= 0.3 is 0 Å². The second-order valence-corrected chi connectivity index (χ2v) is 6.12. The van der Waals surface area contributed by atoms with E-state index in [9.17, 15) is 9.59 Å². The van der Waals surface area contributed by atoms with E-state index in [4.69, 9.17) is 5.11 Å². The molecule has 5 heteroatoms. The van der Waals surface area contributed by atoms with Crippen molar-refractivity contribution >= 4 is 11.8 Å². The van der Waals surface area contributed by atoms with Crippen molar-refractivity contribution in [3.05, 3.63) is 35.4 Å². The molecule has 23 heavy (non-hydrogen) atoms. The highest BCUT2D eigenvalue weighted by molar-refractivity contribution is 5.83. The van der Waals surface area contributed by atoms with Crippen LogP contribution >= 0.6 is 0 Å². The van der Waals surface area contributed by atoms with Crippen LogP contribution in [-0.4, -0.2) is 29.5 Å². The topological polar surface area (TPSA) is 78.4 Å². The molecule has 0 atom stereocenters. The van der Waals surface area contributed by atoms with Gasteiger partial charge in [0, 0.05) is 25.4 Å². The second kappa shape index (κ2) is 9.30. The first-order valence-corrected chi connectivity index (χ1v) is 8.42. The largest absolute Gasteiger partial charge is 0.392 e. The number of aliphatic hydroxyl groups excluding tert-OH is 1. The van der Waals surface area contributed by atoms with Crippen LogP contribution in [0.1, 0.15) is 49.7 Å². The Morgan fingerprint density at radius 1 is 1.00 bits per heavy atom. The van der Waals surface area contributed by atoms with Gasteiger partial charge in [-0.2, -0.15) is 0 Å². The van der Waals surface area contributed by atoms with Crippen LogP contribution in [0.5, 0.6) is 0 Å². The van der Waals surface area contributed by atoms with Gasteiger partial charge in [0.15, 0.2) is 0 Å². The molecular weight excluding hydrogens is 292 g/mol. The van der Waals surface area contributed by atoms with Crippen molar-refractivity contribution in [2.24, 2.45) is 0 Å². The van der Waals surface area contributed by atoms with Gasteiger partial charge in [-0.15, -0.1) is 0 Å². The number of hydrogen-bond donors (Lipinski definition) is 3.